The van der Waals surface area contributed by atoms with E-state index in [0.29, 0.717) is 42.2 Å². The molecule has 0 heterocycles. The SMILES string of the molecule is CCCCCCCc1cc(F)c(CCc2ccc3c(F)c(CCc4ccc(OC(F)F)cc4)ccc3c2)c(F)c1. The molecular weight excluding hydrogens is 519 g/mol. The van der Waals surface area contributed by atoms with E-state index in [1.165, 1.54) is 30.7 Å². The van der Waals surface area contributed by atoms with Crippen LogP contribution in [-0.2, 0) is 32.1 Å². The fourth-order valence-corrected chi connectivity index (χ4v) is 5.09. The molecule has 0 atom stereocenters. The Morgan fingerprint density at radius 3 is 2.00 bits per heavy atom. The lowest BCUT2D eigenvalue weighted by atomic mass is 9.96. The molecule has 4 aromatic carbocycles. The van der Waals surface area contributed by atoms with Crippen LogP contribution >= 0.6 is 0 Å². The van der Waals surface area contributed by atoms with E-state index in [1.54, 1.807) is 30.3 Å². The quantitative estimate of drug-likeness (QED) is 0.111. The highest BCUT2D eigenvalue weighted by Gasteiger charge is 2.13. The number of aryl methyl sites for hydroxylation is 4. The van der Waals surface area contributed by atoms with Crippen LogP contribution in [0.25, 0.3) is 10.8 Å². The molecule has 6 heteroatoms. The molecule has 4 rings (SSSR count). The van der Waals surface area contributed by atoms with Gasteiger partial charge < -0.3 is 4.74 Å². The largest absolute Gasteiger partial charge is 0.435 e. The molecule has 0 aliphatic heterocycles. The first kappa shape index (κ1) is 29.6. The molecular formula is C34H35F5O. The molecule has 0 aromatic heterocycles. The predicted molar refractivity (Wildman–Crippen MR) is 151 cm³/mol. The summed E-state index contributed by atoms with van der Waals surface area (Å²) in [7, 11) is 0. The van der Waals surface area contributed by atoms with Gasteiger partial charge in [0.1, 0.15) is 23.2 Å². The van der Waals surface area contributed by atoms with Gasteiger partial charge in [0.25, 0.3) is 0 Å². The van der Waals surface area contributed by atoms with Crippen molar-refractivity contribution in [3.05, 3.63) is 112 Å². The second-order valence-corrected chi connectivity index (χ2v) is 10.3. The molecule has 4 aromatic rings. The standard InChI is InChI=1S/C34H35F5O/c1-2-3-4-5-6-7-25-21-31(35)30(32(36)22-25)19-12-24-11-18-29-27(20-24)15-14-26(33(29)37)13-8-23-9-16-28(17-10-23)40-34(38)39/h9-11,14-18,20-22,34H,2-8,12-13,19H2,1H3. The highest BCUT2D eigenvalue weighted by Crippen LogP contribution is 2.26. The van der Waals surface area contributed by atoms with Crippen molar-refractivity contribution in [3.8, 4) is 5.75 Å². The van der Waals surface area contributed by atoms with E-state index < -0.39 is 18.2 Å². The fourth-order valence-electron chi connectivity index (χ4n) is 5.09. The first-order valence-corrected chi connectivity index (χ1v) is 14.0. The number of halogens is 5. The van der Waals surface area contributed by atoms with E-state index in [9.17, 15) is 17.6 Å². The van der Waals surface area contributed by atoms with E-state index >= 15 is 4.39 Å². The third kappa shape index (κ3) is 8.06. The molecule has 0 spiro atoms. The van der Waals surface area contributed by atoms with Crippen molar-refractivity contribution < 1.29 is 26.7 Å². The summed E-state index contributed by atoms with van der Waals surface area (Å²) in [6.07, 6.45) is 7.83. The van der Waals surface area contributed by atoms with E-state index in [2.05, 4.69) is 11.7 Å². The molecule has 0 aliphatic carbocycles. The number of ether oxygens (including phenoxy) is 1. The number of hydrogen-bond donors (Lipinski definition) is 0. The Labute approximate surface area is 233 Å². The number of rotatable bonds is 14. The monoisotopic (exact) mass is 554 g/mol. The van der Waals surface area contributed by atoms with Crippen molar-refractivity contribution in [2.24, 2.45) is 0 Å². The molecule has 0 unspecified atom stereocenters. The van der Waals surface area contributed by atoms with E-state index in [-0.39, 0.29) is 23.6 Å². The Kier molecular flexibility index (Phi) is 10.6. The lowest BCUT2D eigenvalue weighted by molar-refractivity contribution is -0.0498. The summed E-state index contributed by atoms with van der Waals surface area (Å²) in [5.41, 5.74) is 3.11. The van der Waals surface area contributed by atoms with Crippen LogP contribution in [0.15, 0.2) is 66.7 Å². The van der Waals surface area contributed by atoms with Gasteiger partial charge in [0, 0.05) is 10.9 Å². The number of hydrogen-bond acceptors (Lipinski definition) is 1. The molecule has 0 amide bonds. The van der Waals surface area contributed by atoms with E-state index in [4.69, 9.17) is 0 Å². The van der Waals surface area contributed by atoms with Crippen molar-refractivity contribution in [1.82, 2.24) is 0 Å². The Bertz CT molecular complexity index is 1370. The Morgan fingerprint density at radius 1 is 0.625 bits per heavy atom. The lowest BCUT2D eigenvalue weighted by Crippen LogP contribution is -2.02. The minimum Gasteiger partial charge on any atom is -0.435 e. The third-order valence-electron chi connectivity index (χ3n) is 7.36. The first-order chi connectivity index (χ1) is 19.3. The molecule has 0 fully saturated rings. The maximum Gasteiger partial charge on any atom is 0.387 e. The van der Waals surface area contributed by atoms with Crippen molar-refractivity contribution >= 4 is 10.8 Å². The summed E-state index contributed by atoms with van der Waals surface area (Å²) in [6, 6.07) is 18.2. The fraction of sp³-hybridized carbons (Fsp3) is 0.353. The Hall–Kier alpha value is -3.41. The lowest BCUT2D eigenvalue weighted by Gasteiger charge is -2.11. The summed E-state index contributed by atoms with van der Waals surface area (Å²) in [6.45, 7) is -0.719. The van der Waals surface area contributed by atoms with Crippen molar-refractivity contribution in [2.75, 3.05) is 0 Å². The van der Waals surface area contributed by atoms with Crippen LogP contribution in [0.3, 0.4) is 0 Å². The van der Waals surface area contributed by atoms with Gasteiger partial charge in [0.15, 0.2) is 0 Å². The molecule has 212 valence electrons. The number of unbranched alkanes of at least 4 members (excludes halogenated alkanes) is 4. The highest BCUT2D eigenvalue weighted by atomic mass is 19.3. The first-order valence-electron chi connectivity index (χ1n) is 14.0. The van der Waals surface area contributed by atoms with Gasteiger partial charge in [-0.2, -0.15) is 8.78 Å². The summed E-state index contributed by atoms with van der Waals surface area (Å²) in [5.74, 6) is -1.22. The minimum atomic E-state index is -2.87. The molecule has 0 aliphatic rings. The van der Waals surface area contributed by atoms with Gasteiger partial charge in [-0.05, 0) is 90.4 Å². The zero-order valence-electron chi connectivity index (χ0n) is 22.8. The third-order valence-corrected chi connectivity index (χ3v) is 7.36. The summed E-state index contributed by atoms with van der Waals surface area (Å²) < 4.78 is 73.7. The maximum atomic E-state index is 15.3. The van der Waals surface area contributed by atoms with E-state index in [0.717, 1.165) is 42.2 Å². The molecule has 0 saturated carbocycles. The van der Waals surface area contributed by atoms with Crippen LogP contribution in [0, 0.1) is 17.5 Å². The summed E-state index contributed by atoms with van der Waals surface area (Å²) in [4.78, 5) is 0. The number of benzene rings is 4. The van der Waals surface area contributed by atoms with Crippen LogP contribution in [-0.4, -0.2) is 6.61 Å². The van der Waals surface area contributed by atoms with Crippen LogP contribution in [0.1, 0.15) is 66.8 Å². The van der Waals surface area contributed by atoms with Crippen molar-refractivity contribution in [1.29, 1.82) is 0 Å². The van der Waals surface area contributed by atoms with Crippen LogP contribution in [0.5, 0.6) is 5.75 Å². The van der Waals surface area contributed by atoms with Gasteiger partial charge >= 0.3 is 6.61 Å². The molecule has 1 nitrogen and oxygen atoms in total. The van der Waals surface area contributed by atoms with Gasteiger partial charge in [-0.1, -0.05) is 75.1 Å². The topological polar surface area (TPSA) is 9.23 Å². The molecule has 0 N–H and O–H groups in total. The Morgan fingerprint density at radius 2 is 1.30 bits per heavy atom. The molecule has 0 bridgehead atoms. The Balaban J connectivity index is 1.36. The van der Waals surface area contributed by atoms with Gasteiger partial charge in [-0.25, -0.2) is 13.2 Å². The summed E-state index contributed by atoms with van der Waals surface area (Å²) in [5, 5.41) is 1.22. The van der Waals surface area contributed by atoms with Crippen molar-refractivity contribution in [2.45, 2.75) is 77.7 Å². The van der Waals surface area contributed by atoms with E-state index in [1.807, 2.05) is 12.1 Å². The molecule has 0 saturated heterocycles. The molecule has 40 heavy (non-hydrogen) atoms. The maximum absolute atomic E-state index is 15.3. The smallest absolute Gasteiger partial charge is 0.387 e. The number of fused-ring (bicyclic) bond motifs is 1. The van der Waals surface area contributed by atoms with Crippen molar-refractivity contribution in [3.63, 3.8) is 0 Å². The zero-order chi connectivity index (χ0) is 28.5. The average molecular weight is 555 g/mol. The van der Waals surface area contributed by atoms with Crippen LogP contribution in [0.4, 0.5) is 22.0 Å². The number of alkyl halides is 2. The molecule has 0 radical (unpaired) electrons. The van der Waals surface area contributed by atoms with Gasteiger partial charge in [-0.3, -0.25) is 0 Å². The predicted octanol–water partition coefficient (Wildman–Crippen LogP) is 9.94. The highest BCUT2D eigenvalue weighted by molar-refractivity contribution is 5.84. The van der Waals surface area contributed by atoms with Gasteiger partial charge in [0.2, 0.25) is 0 Å². The summed E-state index contributed by atoms with van der Waals surface area (Å²) >= 11 is 0. The normalized spacial score (nSPS) is 11.5. The zero-order valence-corrected chi connectivity index (χ0v) is 22.8. The van der Waals surface area contributed by atoms with Crippen LogP contribution < -0.4 is 4.74 Å². The van der Waals surface area contributed by atoms with Crippen LogP contribution in [0.2, 0.25) is 0 Å². The average Bonchev–Trinajstić information content (AvgIpc) is 2.92. The van der Waals surface area contributed by atoms with Gasteiger partial charge in [0.05, 0.1) is 0 Å². The minimum absolute atomic E-state index is 0.0853. The second kappa shape index (κ2) is 14.3. The van der Waals surface area contributed by atoms with Gasteiger partial charge in [-0.15, -0.1) is 0 Å². The second-order valence-electron chi connectivity index (χ2n) is 10.3.